The summed E-state index contributed by atoms with van der Waals surface area (Å²) < 4.78 is 0. The highest BCUT2D eigenvalue weighted by Gasteiger charge is 2.29. The predicted octanol–water partition coefficient (Wildman–Crippen LogP) is 3.13. The van der Waals surface area contributed by atoms with Gasteiger partial charge in [0.2, 0.25) is 5.91 Å². The summed E-state index contributed by atoms with van der Waals surface area (Å²) in [6.07, 6.45) is 3.11. The number of aliphatic hydroxyl groups is 1. The van der Waals surface area contributed by atoms with Crippen LogP contribution in [0.15, 0.2) is 12.1 Å². The van der Waals surface area contributed by atoms with E-state index < -0.39 is 0 Å². The third-order valence-corrected chi connectivity index (χ3v) is 4.73. The molecule has 122 valence electrons. The predicted molar refractivity (Wildman–Crippen MR) is 90.4 cm³/mol. The van der Waals surface area contributed by atoms with E-state index in [2.05, 4.69) is 17.1 Å². The first-order valence-electron chi connectivity index (χ1n) is 7.85. The van der Waals surface area contributed by atoms with Crippen molar-refractivity contribution in [2.75, 3.05) is 18.5 Å². The fraction of sp³-hybridized carbons (Fsp3) is 0.588. The number of nitrogens with zero attached hydrogens (tertiary/aromatic N) is 1. The fourth-order valence-corrected chi connectivity index (χ4v) is 3.61. The summed E-state index contributed by atoms with van der Waals surface area (Å²) >= 11 is 6.24. The molecule has 2 N–H and O–H groups in total. The number of rotatable bonds is 4. The molecule has 1 saturated heterocycles. The maximum atomic E-state index is 12.4. The van der Waals surface area contributed by atoms with Crippen LogP contribution in [0.5, 0.6) is 0 Å². The van der Waals surface area contributed by atoms with Crippen LogP contribution in [0, 0.1) is 13.8 Å². The second-order valence-corrected chi connectivity index (χ2v) is 6.68. The average molecular weight is 325 g/mol. The molecule has 1 heterocycles. The van der Waals surface area contributed by atoms with Crippen LogP contribution < -0.4 is 5.32 Å². The van der Waals surface area contributed by atoms with Gasteiger partial charge in [0.25, 0.3) is 0 Å². The standard InChI is InChI=1S/C17H25ClN2O2/c1-11-7-12(2)17(15(18)8-11)19-16(22)9-20-13(3)5-4-6-14(20)10-21/h7-8,13-14,21H,4-6,9-10H2,1-3H3,(H,19,22). The third-order valence-electron chi connectivity index (χ3n) is 4.43. The van der Waals surface area contributed by atoms with E-state index in [4.69, 9.17) is 11.6 Å². The number of carbonyl (C=O) groups excluding carboxylic acids is 1. The normalized spacial score (nSPS) is 22.6. The van der Waals surface area contributed by atoms with Crippen molar-refractivity contribution in [2.24, 2.45) is 0 Å². The SMILES string of the molecule is Cc1cc(C)c(NC(=O)CN2C(C)CCCC2CO)c(Cl)c1. The Hall–Kier alpha value is -1.10. The number of anilines is 1. The zero-order valence-corrected chi connectivity index (χ0v) is 14.3. The number of hydrogen-bond acceptors (Lipinski definition) is 3. The summed E-state index contributed by atoms with van der Waals surface area (Å²) in [7, 11) is 0. The van der Waals surface area contributed by atoms with Gasteiger partial charge in [-0.15, -0.1) is 0 Å². The van der Waals surface area contributed by atoms with E-state index in [1.54, 1.807) is 0 Å². The number of hydrogen-bond donors (Lipinski definition) is 2. The van der Waals surface area contributed by atoms with Crippen LogP contribution in [0.25, 0.3) is 0 Å². The maximum Gasteiger partial charge on any atom is 0.238 e. The molecule has 0 radical (unpaired) electrons. The molecule has 0 bridgehead atoms. The summed E-state index contributed by atoms with van der Waals surface area (Å²) in [6, 6.07) is 4.24. The number of nitrogens with one attached hydrogen (secondary N) is 1. The van der Waals surface area contributed by atoms with E-state index in [0.29, 0.717) is 16.8 Å². The van der Waals surface area contributed by atoms with E-state index in [1.807, 2.05) is 26.0 Å². The first kappa shape index (κ1) is 17.3. The lowest BCUT2D eigenvalue weighted by Gasteiger charge is -2.39. The summed E-state index contributed by atoms with van der Waals surface area (Å²) in [5.41, 5.74) is 2.72. The van der Waals surface area contributed by atoms with Crippen LogP contribution in [0.4, 0.5) is 5.69 Å². The van der Waals surface area contributed by atoms with Gasteiger partial charge in [-0.25, -0.2) is 0 Å². The van der Waals surface area contributed by atoms with Crippen LogP contribution in [0.1, 0.15) is 37.3 Å². The molecule has 1 aromatic rings. The Kier molecular flexibility index (Phi) is 5.84. The van der Waals surface area contributed by atoms with Crippen LogP contribution >= 0.6 is 11.6 Å². The molecule has 0 spiro atoms. The molecular formula is C17H25ClN2O2. The van der Waals surface area contributed by atoms with Gasteiger partial charge in [0.1, 0.15) is 0 Å². The number of amides is 1. The highest BCUT2D eigenvalue weighted by molar-refractivity contribution is 6.34. The minimum atomic E-state index is -0.0824. The number of likely N-dealkylation sites (tertiary alicyclic amines) is 1. The Labute approximate surface area is 137 Å². The lowest BCUT2D eigenvalue weighted by molar-refractivity contribution is -0.119. The molecule has 2 rings (SSSR count). The first-order valence-corrected chi connectivity index (χ1v) is 8.23. The molecule has 1 aliphatic rings. The van der Waals surface area contributed by atoms with Crippen molar-refractivity contribution < 1.29 is 9.90 Å². The highest BCUT2D eigenvalue weighted by atomic mass is 35.5. The number of piperidine rings is 1. The molecular weight excluding hydrogens is 300 g/mol. The minimum absolute atomic E-state index is 0.0732. The van der Waals surface area contributed by atoms with Gasteiger partial charge in [0, 0.05) is 12.1 Å². The molecule has 4 nitrogen and oxygen atoms in total. The molecule has 2 atom stereocenters. The monoisotopic (exact) mass is 324 g/mol. The molecule has 0 aliphatic carbocycles. The molecule has 1 aromatic carbocycles. The van der Waals surface area contributed by atoms with Gasteiger partial charge >= 0.3 is 0 Å². The molecule has 1 aliphatic heterocycles. The van der Waals surface area contributed by atoms with E-state index >= 15 is 0 Å². The van der Waals surface area contributed by atoms with E-state index in [9.17, 15) is 9.90 Å². The smallest absolute Gasteiger partial charge is 0.238 e. The van der Waals surface area contributed by atoms with Gasteiger partial charge in [-0.05, 0) is 50.8 Å². The van der Waals surface area contributed by atoms with Crippen LogP contribution in [0.2, 0.25) is 5.02 Å². The number of aryl methyl sites for hydroxylation is 2. The highest BCUT2D eigenvalue weighted by Crippen LogP contribution is 2.28. The van der Waals surface area contributed by atoms with Crippen LogP contribution in [0.3, 0.4) is 0 Å². The molecule has 22 heavy (non-hydrogen) atoms. The number of benzene rings is 1. The third kappa shape index (κ3) is 4.00. The summed E-state index contributed by atoms with van der Waals surface area (Å²) in [5, 5.41) is 13.0. The molecule has 2 unspecified atom stereocenters. The molecule has 1 amide bonds. The van der Waals surface area contributed by atoms with Gasteiger partial charge in [0.05, 0.1) is 23.9 Å². The lowest BCUT2D eigenvalue weighted by atomic mass is 9.97. The Bertz CT molecular complexity index is 524. The summed E-state index contributed by atoms with van der Waals surface area (Å²) in [4.78, 5) is 14.5. The van der Waals surface area contributed by atoms with E-state index in [1.165, 1.54) is 0 Å². The lowest BCUT2D eigenvalue weighted by Crippen LogP contribution is -2.50. The minimum Gasteiger partial charge on any atom is -0.395 e. The van der Waals surface area contributed by atoms with Crippen LogP contribution in [-0.2, 0) is 4.79 Å². The Morgan fingerprint density at radius 2 is 2.14 bits per heavy atom. The molecule has 0 saturated carbocycles. The van der Waals surface area contributed by atoms with Crippen molar-refractivity contribution >= 4 is 23.2 Å². The van der Waals surface area contributed by atoms with Crippen molar-refractivity contribution in [3.05, 3.63) is 28.3 Å². The molecule has 5 heteroatoms. The van der Waals surface area contributed by atoms with Gasteiger partial charge in [-0.3, -0.25) is 9.69 Å². The largest absolute Gasteiger partial charge is 0.395 e. The van der Waals surface area contributed by atoms with Crippen molar-refractivity contribution in [2.45, 2.75) is 52.1 Å². The number of aliphatic hydroxyl groups excluding tert-OH is 1. The van der Waals surface area contributed by atoms with Crippen molar-refractivity contribution in [3.63, 3.8) is 0 Å². The quantitative estimate of drug-likeness (QED) is 0.894. The number of halogens is 1. The van der Waals surface area contributed by atoms with E-state index in [0.717, 1.165) is 30.4 Å². The van der Waals surface area contributed by atoms with Gasteiger partial charge in [-0.1, -0.05) is 24.1 Å². The van der Waals surface area contributed by atoms with Gasteiger partial charge in [0.15, 0.2) is 0 Å². The topological polar surface area (TPSA) is 52.6 Å². The van der Waals surface area contributed by atoms with Crippen LogP contribution in [-0.4, -0.2) is 41.1 Å². The number of carbonyl (C=O) groups is 1. The molecule has 0 aromatic heterocycles. The summed E-state index contributed by atoms with van der Waals surface area (Å²) in [6.45, 7) is 6.41. The maximum absolute atomic E-state index is 12.4. The summed E-state index contributed by atoms with van der Waals surface area (Å²) in [5.74, 6) is -0.0824. The second-order valence-electron chi connectivity index (χ2n) is 6.28. The Morgan fingerprint density at radius 3 is 2.77 bits per heavy atom. The fourth-order valence-electron chi connectivity index (χ4n) is 3.24. The average Bonchev–Trinajstić information content (AvgIpc) is 2.45. The Morgan fingerprint density at radius 1 is 1.41 bits per heavy atom. The van der Waals surface area contributed by atoms with E-state index in [-0.39, 0.29) is 25.1 Å². The van der Waals surface area contributed by atoms with Gasteiger partial charge < -0.3 is 10.4 Å². The zero-order chi connectivity index (χ0) is 16.3. The second kappa shape index (κ2) is 7.44. The van der Waals surface area contributed by atoms with Crippen molar-refractivity contribution in [1.82, 2.24) is 4.90 Å². The van der Waals surface area contributed by atoms with Crippen molar-refractivity contribution in [3.8, 4) is 0 Å². The van der Waals surface area contributed by atoms with Crippen molar-refractivity contribution in [1.29, 1.82) is 0 Å². The zero-order valence-electron chi connectivity index (χ0n) is 13.5. The Balaban J connectivity index is 2.06. The molecule has 1 fully saturated rings. The first-order chi connectivity index (χ1) is 10.4. The van der Waals surface area contributed by atoms with Gasteiger partial charge in [-0.2, -0.15) is 0 Å².